The number of alkyl halides is 3. The molecular formula is C11H15F3N2O3. The van der Waals surface area contributed by atoms with Crippen molar-refractivity contribution >= 4 is 5.97 Å². The lowest BCUT2D eigenvalue weighted by molar-refractivity contribution is -0.272. The van der Waals surface area contributed by atoms with Gasteiger partial charge in [-0.05, 0) is 6.42 Å². The Morgan fingerprint density at radius 3 is 2.58 bits per heavy atom. The van der Waals surface area contributed by atoms with Gasteiger partial charge in [0.05, 0.1) is 6.42 Å². The Bertz CT molecular complexity index is 445. The molecule has 19 heavy (non-hydrogen) atoms. The summed E-state index contributed by atoms with van der Waals surface area (Å²) in [5.74, 6) is -2.43. The van der Waals surface area contributed by atoms with E-state index >= 15 is 0 Å². The second-order valence-corrected chi connectivity index (χ2v) is 4.23. The summed E-state index contributed by atoms with van der Waals surface area (Å²) in [6.07, 6.45) is -2.82. The van der Waals surface area contributed by atoms with Crippen LogP contribution >= 0.6 is 0 Å². The Kier molecular flexibility index (Phi) is 4.56. The number of hydrogen-bond acceptors (Lipinski definition) is 3. The zero-order chi connectivity index (χ0) is 14.7. The number of aliphatic carboxylic acids is 1. The monoisotopic (exact) mass is 280 g/mol. The van der Waals surface area contributed by atoms with Crippen LogP contribution in [-0.4, -0.2) is 31.9 Å². The van der Waals surface area contributed by atoms with E-state index in [1.165, 1.54) is 6.20 Å². The van der Waals surface area contributed by atoms with Gasteiger partial charge in [-0.2, -0.15) is 13.2 Å². The molecule has 108 valence electrons. The van der Waals surface area contributed by atoms with Crippen LogP contribution in [0.1, 0.15) is 32.0 Å². The number of unbranched alkanes of at least 4 members (excludes halogenated alkanes) is 1. The average molecular weight is 280 g/mol. The van der Waals surface area contributed by atoms with Crippen LogP contribution in [0, 0.1) is 0 Å². The Morgan fingerprint density at radius 2 is 2.11 bits per heavy atom. The van der Waals surface area contributed by atoms with E-state index in [0.717, 1.165) is 17.2 Å². The third-order valence-corrected chi connectivity index (χ3v) is 2.71. The van der Waals surface area contributed by atoms with Gasteiger partial charge in [0.25, 0.3) is 0 Å². The quantitative estimate of drug-likeness (QED) is 0.834. The molecule has 2 N–H and O–H groups in total. The van der Waals surface area contributed by atoms with Gasteiger partial charge in [-0.1, -0.05) is 13.3 Å². The van der Waals surface area contributed by atoms with Crippen LogP contribution in [0.3, 0.4) is 0 Å². The first-order chi connectivity index (χ1) is 8.72. The van der Waals surface area contributed by atoms with Gasteiger partial charge in [0.15, 0.2) is 5.82 Å². The highest BCUT2D eigenvalue weighted by molar-refractivity contribution is 5.68. The molecule has 8 heteroatoms. The molecule has 0 aromatic carbocycles. The van der Waals surface area contributed by atoms with Crippen molar-refractivity contribution in [2.75, 3.05) is 0 Å². The minimum absolute atomic E-state index is 0.240. The summed E-state index contributed by atoms with van der Waals surface area (Å²) >= 11 is 0. The molecule has 0 saturated heterocycles. The molecule has 0 aliphatic heterocycles. The number of carbonyl (C=O) groups is 1. The number of carboxylic acid groups (broad SMARTS) is 1. The third kappa shape index (κ3) is 3.25. The Hall–Kier alpha value is -1.57. The van der Waals surface area contributed by atoms with Gasteiger partial charge < -0.3 is 14.8 Å². The van der Waals surface area contributed by atoms with Crippen LogP contribution in [0.25, 0.3) is 0 Å². The molecule has 0 amide bonds. The Balaban J connectivity index is 3.18. The molecule has 0 saturated carbocycles. The lowest BCUT2D eigenvalue weighted by Gasteiger charge is -2.29. The molecule has 1 aromatic heterocycles. The van der Waals surface area contributed by atoms with Crippen molar-refractivity contribution < 1.29 is 28.2 Å². The van der Waals surface area contributed by atoms with Gasteiger partial charge in [-0.25, -0.2) is 4.98 Å². The van der Waals surface area contributed by atoms with Crippen LogP contribution in [0.15, 0.2) is 12.4 Å². The second-order valence-electron chi connectivity index (χ2n) is 4.23. The van der Waals surface area contributed by atoms with Gasteiger partial charge in [0.1, 0.15) is 0 Å². The second kappa shape index (κ2) is 5.60. The summed E-state index contributed by atoms with van der Waals surface area (Å²) in [5.41, 5.74) is -3.48. The van der Waals surface area contributed by atoms with E-state index in [2.05, 4.69) is 4.98 Å². The first-order valence-electron chi connectivity index (χ1n) is 5.75. The number of aryl methyl sites for hydroxylation is 1. The molecule has 0 fully saturated rings. The van der Waals surface area contributed by atoms with Gasteiger partial charge in [-0.15, -0.1) is 0 Å². The van der Waals surface area contributed by atoms with E-state index in [0.29, 0.717) is 6.42 Å². The lowest BCUT2D eigenvalue weighted by atomic mass is 9.97. The molecule has 1 atom stereocenters. The summed E-state index contributed by atoms with van der Waals surface area (Å²) in [7, 11) is 0. The van der Waals surface area contributed by atoms with Crippen molar-refractivity contribution in [3.05, 3.63) is 18.2 Å². The highest BCUT2D eigenvalue weighted by atomic mass is 19.4. The number of rotatable bonds is 6. The van der Waals surface area contributed by atoms with E-state index in [9.17, 15) is 23.1 Å². The first-order valence-corrected chi connectivity index (χ1v) is 5.75. The SMILES string of the molecule is CCCCn1ccnc1C(O)(CC(=O)O)C(F)(F)F. The van der Waals surface area contributed by atoms with Gasteiger partial charge in [0.2, 0.25) is 5.60 Å². The number of halogens is 3. The molecule has 5 nitrogen and oxygen atoms in total. The van der Waals surface area contributed by atoms with E-state index in [-0.39, 0.29) is 6.54 Å². The fraction of sp³-hybridized carbons (Fsp3) is 0.636. The molecule has 0 aliphatic rings. The molecule has 0 spiro atoms. The van der Waals surface area contributed by atoms with Crippen molar-refractivity contribution in [3.8, 4) is 0 Å². The summed E-state index contributed by atoms with van der Waals surface area (Å²) in [6.45, 7) is 2.10. The number of nitrogens with zero attached hydrogens (tertiary/aromatic N) is 2. The number of imidazole rings is 1. The van der Waals surface area contributed by atoms with Crippen LogP contribution < -0.4 is 0 Å². The van der Waals surface area contributed by atoms with Crippen LogP contribution in [-0.2, 0) is 16.9 Å². The third-order valence-electron chi connectivity index (χ3n) is 2.71. The zero-order valence-corrected chi connectivity index (χ0v) is 10.3. The van der Waals surface area contributed by atoms with E-state index in [1.54, 1.807) is 0 Å². The topological polar surface area (TPSA) is 75.3 Å². The van der Waals surface area contributed by atoms with E-state index in [1.807, 2.05) is 6.92 Å². The molecule has 1 rings (SSSR count). The largest absolute Gasteiger partial charge is 0.481 e. The molecule has 0 radical (unpaired) electrons. The number of aromatic nitrogens is 2. The Labute approximate surface area is 107 Å². The van der Waals surface area contributed by atoms with Crippen LogP contribution in [0.5, 0.6) is 0 Å². The van der Waals surface area contributed by atoms with Crippen molar-refractivity contribution in [1.29, 1.82) is 0 Å². The smallest absolute Gasteiger partial charge is 0.425 e. The van der Waals surface area contributed by atoms with Gasteiger partial charge in [-0.3, -0.25) is 4.79 Å². The van der Waals surface area contributed by atoms with Gasteiger partial charge >= 0.3 is 12.1 Å². The zero-order valence-electron chi connectivity index (χ0n) is 10.3. The number of aliphatic hydroxyl groups is 1. The highest BCUT2D eigenvalue weighted by Gasteiger charge is 2.58. The van der Waals surface area contributed by atoms with Crippen LogP contribution in [0.4, 0.5) is 13.2 Å². The maximum atomic E-state index is 13.0. The minimum Gasteiger partial charge on any atom is -0.481 e. The molecule has 1 aromatic rings. The summed E-state index contributed by atoms with van der Waals surface area (Å²) in [4.78, 5) is 14.1. The number of carboxylic acids is 1. The number of hydrogen-bond donors (Lipinski definition) is 2. The van der Waals surface area contributed by atoms with E-state index < -0.39 is 30.0 Å². The molecule has 1 unspecified atom stereocenters. The van der Waals surface area contributed by atoms with Crippen molar-refractivity contribution in [1.82, 2.24) is 9.55 Å². The van der Waals surface area contributed by atoms with Gasteiger partial charge in [0, 0.05) is 18.9 Å². The lowest BCUT2D eigenvalue weighted by Crippen LogP contribution is -2.46. The first kappa shape index (κ1) is 15.5. The van der Waals surface area contributed by atoms with Crippen molar-refractivity contribution in [3.63, 3.8) is 0 Å². The molecule has 0 aliphatic carbocycles. The highest BCUT2D eigenvalue weighted by Crippen LogP contribution is 2.40. The maximum Gasteiger partial charge on any atom is 0.425 e. The fourth-order valence-corrected chi connectivity index (χ4v) is 1.71. The predicted octanol–water partition coefficient (Wildman–Crippen LogP) is 1.91. The predicted molar refractivity (Wildman–Crippen MR) is 59.3 cm³/mol. The molecular weight excluding hydrogens is 265 g/mol. The molecule has 1 heterocycles. The Morgan fingerprint density at radius 1 is 1.47 bits per heavy atom. The fourth-order valence-electron chi connectivity index (χ4n) is 1.71. The maximum absolute atomic E-state index is 13.0. The minimum atomic E-state index is -5.11. The summed E-state index contributed by atoms with van der Waals surface area (Å²) < 4.78 is 40.0. The van der Waals surface area contributed by atoms with Crippen molar-refractivity contribution in [2.24, 2.45) is 0 Å². The molecule has 0 bridgehead atoms. The average Bonchev–Trinajstić information content (AvgIpc) is 2.72. The summed E-state index contributed by atoms with van der Waals surface area (Å²) in [6, 6.07) is 0. The standard InChI is InChI=1S/C11H15F3N2O3/c1-2-3-5-16-6-4-15-9(16)10(19,7-8(17)18)11(12,13)14/h4,6,19H,2-3,5,7H2,1H3,(H,17,18). The van der Waals surface area contributed by atoms with E-state index in [4.69, 9.17) is 5.11 Å². The normalized spacial score (nSPS) is 15.2. The van der Waals surface area contributed by atoms with Crippen molar-refractivity contribution in [2.45, 2.75) is 44.5 Å². The van der Waals surface area contributed by atoms with Crippen LogP contribution in [0.2, 0.25) is 0 Å². The summed E-state index contributed by atoms with van der Waals surface area (Å²) in [5, 5.41) is 18.4.